The molecule has 0 radical (unpaired) electrons. The maximum absolute atomic E-state index is 12.1. The highest BCUT2D eigenvalue weighted by Gasteiger charge is 2.29. The van der Waals surface area contributed by atoms with Gasteiger partial charge in [0.25, 0.3) is 0 Å². The lowest BCUT2D eigenvalue weighted by Crippen LogP contribution is -2.28. The predicted molar refractivity (Wildman–Crippen MR) is 89.4 cm³/mol. The summed E-state index contributed by atoms with van der Waals surface area (Å²) in [5, 5.41) is 22.6. The van der Waals surface area contributed by atoms with Gasteiger partial charge in [0.1, 0.15) is 12.7 Å². The molecule has 0 aliphatic heterocycles. The van der Waals surface area contributed by atoms with E-state index in [2.05, 4.69) is 10.3 Å². The Kier molecular flexibility index (Phi) is 4.87. The van der Waals surface area contributed by atoms with Crippen molar-refractivity contribution in [1.82, 2.24) is 9.55 Å². The summed E-state index contributed by atoms with van der Waals surface area (Å²) in [6.45, 7) is 4.65. The number of nitrogens with zero attached hydrogens (tertiary/aromatic N) is 3. The van der Waals surface area contributed by atoms with Gasteiger partial charge in [-0.2, -0.15) is 0 Å². The summed E-state index contributed by atoms with van der Waals surface area (Å²) >= 11 is 0. The van der Waals surface area contributed by atoms with Crippen LogP contribution in [0.1, 0.15) is 25.2 Å². The zero-order chi connectivity index (χ0) is 18.8. The van der Waals surface area contributed by atoms with Crippen LogP contribution in [0.15, 0.2) is 30.5 Å². The van der Waals surface area contributed by atoms with Crippen molar-refractivity contribution in [3.63, 3.8) is 0 Å². The molecule has 0 bridgehead atoms. The van der Waals surface area contributed by atoms with E-state index in [4.69, 9.17) is 0 Å². The van der Waals surface area contributed by atoms with Crippen LogP contribution in [0.25, 0.3) is 0 Å². The van der Waals surface area contributed by atoms with Crippen LogP contribution in [0.4, 0.5) is 11.5 Å². The molecule has 132 valence electrons. The number of carbonyl (C=O) groups is 2. The monoisotopic (exact) mass is 346 g/mol. The first kappa shape index (κ1) is 18.1. The van der Waals surface area contributed by atoms with E-state index in [-0.39, 0.29) is 18.3 Å². The highest BCUT2D eigenvalue weighted by Crippen LogP contribution is 2.24. The van der Waals surface area contributed by atoms with Crippen LogP contribution in [0.2, 0.25) is 0 Å². The largest absolute Gasteiger partial charge is 0.481 e. The number of benzene rings is 1. The number of hydrogen-bond donors (Lipinski definition) is 2. The number of nitrogens with one attached hydrogen (secondary N) is 1. The fourth-order valence-corrected chi connectivity index (χ4v) is 2.19. The summed E-state index contributed by atoms with van der Waals surface area (Å²) < 4.78 is 1.38. The molecule has 1 aromatic carbocycles. The normalized spacial score (nSPS) is 11.2. The van der Waals surface area contributed by atoms with Gasteiger partial charge in [-0.05, 0) is 41.5 Å². The van der Waals surface area contributed by atoms with Gasteiger partial charge in [0.2, 0.25) is 11.7 Å². The molecule has 1 aromatic heterocycles. The molecule has 0 aliphatic carbocycles. The third-order valence-electron chi connectivity index (χ3n) is 3.89. The molecule has 9 heteroatoms. The molecule has 0 spiro atoms. The molecule has 2 N–H and O–H groups in total. The Bertz CT molecular complexity index is 824. The van der Waals surface area contributed by atoms with Crippen LogP contribution in [0.5, 0.6) is 0 Å². The molecule has 0 saturated carbocycles. The molecule has 1 amide bonds. The standard InChI is InChI=1S/C16H18N4O5/c1-10-17-13(20(24)25)8-19(10)9-14(21)18-12-6-4-11(5-7-12)16(2,3)15(22)23/h4-8H,9H2,1-3H3,(H,18,21)(H,22,23). The van der Waals surface area contributed by atoms with E-state index in [0.29, 0.717) is 17.1 Å². The quantitative estimate of drug-likeness (QED) is 0.609. The third-order valence-corrected chi connectivity index (χ3v) is 3.89. The van der Waals surface area contributed by atoms with Crippen molar-refractivity contribution in [1.29, 1.82) is 0 Å². The van der Waals surface area contributed by atoms with Crippen molar-refractivity contribution in [3.8, 4) is 0 Å². The number of rotatable bonds is 6. The van der Waals surface area contributed by atoms with E-state index in [0.717, 1.165) is 0 Å². The SMILES string of the molecule is Cc1nc([N+](=O)[O-])cn1CC(=O)Nc1ccc(C(C)(C)C(=O)O)cc1. The van der Waals surface area contributed by atoms with E-state index in [1.807, 2.05) is 0 Å². The highest BCUT2D eigenvalue weighted by molar-refractivity contribution is 5.90. The van der Waals surface area contributed by atoms with E-state index in [1.165, 1.54) is 10.8 Å². The Morgan fingerprint density at radius 1 is 1.32 bits per heavy atom. The van der Waals surface area contributed by atoms with Crippen molar-refractivity contribution in [3.05, 3.63) is 52.0 Å². The van der Waals surface area contributed by atoms with E-state index in [1.54, 1.807) is 45.0 Å². The molecule has 0 atom stereocenters. The molecule has 2 rings (SSSR count). The maximum atomic E-state index is 12.1. The number of hydrogen-bond acceptors (Lipinski definition) is 5. The predicted octanol–water partition coefficient (Wildman–Crippen LogP) is 2.10. The molecule has 1 heterocycles. The lowest BCUT2D eigenvalue weighted by molar-refractivity contribution is -0.389. The number of carbonyl (C=O) groups excluding carboxylic acids is 1. The molecule has 0 fully saturated rings. The number of carboxylic acid groups (broad SMARTS) is 1. The molecule has 0 saturated heterocycles. The van der Waals surface area contributed by atoms with Crippen molar-refractivity contribution in [2.24, 2.45) is 0 Å². The average Bonchev–Trinajstić information content (AvgIpc) is 2.89. The van der Waals surface area contributed by atoms with Gasteiger partial charge in [0.15, 0.2) is 0 Å². The molecular weight excluding hydrogens is 328 g/mol. The summed E-state index contributed by atoms with van der Waals surface area (Å²) in [6, 6.07) is 6.50. The number of carboxylic acids is 1. The zero-order valence-electron chi connectivity index (χ0n) is 14.0. The van der Waals surface area contributed by atoms with Crippen molar-refractivity contribution in [2.45, 2.75) is 32.7 Å². The van der Waals surface area contributed by atoms with Gasteiger partial charge in [-0.3, -0.25) is 14.2 Å². The second-order valence-corrected chi connectivity index (χ2v) is 6.09. The van der Waals surface area contributed by atoms with Gasteiger partial charge in [-0.15, -0.1) is 0 Å². The minimum atomic E-state index is -1.03. The van der Waals surface area contributed by atoms with Crippen LogP contribution in [-0.2, 0) is 21.5 Å². The minimum absolute atomic E-state index is 0.116. The summed E-state index contributed by atoms with van der Waals surface area (Å²) in [5.41, 5.74) is 0.0800. The number of imidazole rings is 1. The summed E-state index contributed by atoms with van der Waals surface area (Å²) in [6.07, 6.45) is 1.20. The first-order valence-corrected chi connectivity index (χ1v) is 7.43. The Morgan fingerprint density at radius 3 is 2.40 bits per heavy atom. The van der Waals surface area contributed by atoms with Crippen LogP contribution < -0.4 is 5.32 Å². The van der Waals surface area contributed by atoms with Crippen LogP contribution in [-0.4, -0.2) is 31.5 Å². The molecule has 0 aliphatic rings. The Labute approximate surface area is 143 Å². The molecule has 9 nitrogen and oxygen atoms in total. The third kappa shape index (κ3) is 4.00. The minimum Gasteiger partial charge on any atom is -0.481 e. The maximum Gasteiger partial charge on any atom is 0.381 e. The average molecular weight is 346 g/mol. The first-order chi connectivity index (χ1) is 11.6. The summed E-state index contributed by atoms with van der Waals surface area (Å²) in [5.74, 6) is -1.27. The van der Waals surface area contributed by atoms with Crippen LogP contribution in [0, 0.1) is 17.0 Å². The van der Waals surface area contributed by atoms with Gasteiger partial charge in [-0.1, -0.05) is 12.1 Å². The smallest absolute Gasteiger partial charge is 0.381 e. The van der Waals surface area contributed by atoms with E-state index < -0.39 is 16.3 Å². The van der Waals surface area contributed by atoms with Crippen LogP contribution >= 0.6 is 0 Å². The number of aromatic nitrogens is 2. The Balaban J connectivity index is 2.06. The Morgan fingerprint density at radius 2 is 1.92 bits per heavy atom. The summed E-state index contributed by atoms with van der Waals surface area (Å²) in [4.78, 5) is 37.1. The fourth-order valence-electron chi connectivity index (χ4n) is 2.19. The van der Waals surface area contributed by atoms with Gasteiger partial charge in [-0.25, -0.2) is 0 Å². The number of nitro groups is 1. The first-order valence-electron chi connectivity index (χ1n) is 7.43. The Hall–Kier alpha value is -3.23. The van der Waals surface area contributed by atoms with Crippen molar-refractivity contribution < 1.29 is 19.6 Å². The van der Waals surface area contributed by atoms with Gasteiger partial charge in [0, 0.05) is 12.6 Å². The lowest BCUT2D eigenvalue weighted by atomic mass is 9.85. The zero-order valence-corrected chi connectivity index (χ0v) is 14.0. The van der Waals surface area contributed by atoms with Crippen LogP contribution in [0.3, 0.4) is 0 Å². The van der Waals surface area contributed by atoms with E-state index in [9.17, 15) is 24.8 Å². The van der Waals surface area contributed by atoms with E-state index >= 15 is 0 Å². The topological polar surface area (TPSA) is 127 Å². The number of anilines is 1. The number of aryl methyl sites for hydroxylation is 1. The highest BCUT2D eigenvalue weighted by atomic mass is 16.6. The van der Waals surface area contributed by atoms with Gasteiger partial charge < -0.3 is 20.5 Å². The molecular formula is C16H18N4O5. The van der Waals surface area contributed by atoms with Gasteiger partial charge >= 0.3 is 11.8 Å². The fraction of sp³-hybridized carbons (Fsp3) is 0.312. The number of amides is 1. The second kappa shape index (κ2) is 6.71. The summed E-state index contributed by atoms with van der Waals surface area (Å²) in [7, 11) is 0. The molecule has 2 aromatic rings. The van der Waals surface area contributed by atoms with Crippen molar-refractivity contribution in [2.75, 3.05) is 5.32 Å². The molecule has 25 heavy (non-hydrogen) atoms. The lowest BCUT2D eigenvalue weighted by Gasteiger charge is -2.19. The number of aliphatic carboxylic acids is 1. The molecule has 0 unspecified atom stereocenters. The second-order valence-electron chi connectivity index (χ2n) is 6.09. The van der Waals surface area contributed by atoms with Gasteiger partial charge in [0.05, 0.1) is 5.41 Å². The van der Waals surface area contributed by atoms with Crippen molar-refractivity contribution >= 4 is 23.4 Å².